The van der Waals surface area contributed by atoms with Gasteiger partial charge < -0.3 is 5.32 Å². The number of hydrogen-bond donors (Lipinski definition) is 1. The molecule has 0 aliphatic carbocycles. The number of aromatic nitrogens is 2. The molecule has 1 unspecified atom stereocenters. The summed E-state index contributed by atoms with van der Waals surface area (Å²) in [5.74, 6) is 0.713. The fourth-order valence-corrected chi connectivity index (χ4v) is 3.04. The molecule has 0 aromatic carbocycles. The highest BCUT2D eigenvalue weighted by atomic mass is 79.9. The Kier molecular flexibility index (Phi) is 6.36. The number of hydrogen-bond acceptors (Lipinski definition) is 2. The Labute approximate surface area is 119 Å². The zero-order valence-electron chi connectivity index (χ0n) is 12.3. The van der Waals surface area contributed by atoms with Gasteiger partial charge in [0.25, 0.3) is 0 Å². The van der Waals surface area contributed by atoms with E-state index >= 15 is 0 Å². The molecule has 1 aromatic heterocycles. The number of rotatable bonds is 7. The normalized spacial score (nSPS) is 13.3. The molecular weight excluding hydrogens is 290 g/mol. The van der Waals surface area contributed by atoms with Crippen molar-refractivity contribution in [2.45, 2.75) is 59.5 Å². The molecular formula is C14H26BrN3. The van der Waals surface area contributed by atoms with Gasteiger partial charge >= 0.3 is 0 Å². The first-order valence-corrected chi connectivity index (χ1v) is 7.73. The van der Waals surface area contributed by atoms with Crippen LogP contribution in [0.1, 0.15) is 45.5 Å². The van der Waals surface area contributed by atoms with Gasteiger partial charge in [0, 0.05) is 19.0 Å². The first kappa shape index (κ1) is 15.7. The topological polar surface area (TPSA) is 29.9 Å². The Balaban J connectivity index is 2.90. The van der Waals surface area contributed by atoms with Crippen LogP contribution in [0.15, 0.2) is 4.47 Å². The second-order valence-corrected chi connectivity index (χ2v) is 5.99. The number of nitrogens with zero attached hydrogens (tertiary/aromatic N) is 2. The minimum absolute atomic E-state index is 0.521. The lowest BCUT2D eigenvalue weighted by molar-refractivity contribution is 0.429. The molecule has 0 bridgehead atoms. The second-order valence-electron chi connectivity index (χ2n) is 5.20. The lowest BCUT2D eigenvalue weighted by atomic mass is 9.99. The van der Waals surface area contributed by atoms with Crippen molar-refractivity contribution in [2.24, 2.45) is 5.92 Å². The Morgan fingerprint density at radius 2 is 2.00 bits per heavy atom. The summed E-state index contributed by atoms with van der Waals surface area (Å²) in [4.78, 5) is 0. The first-order chi connectivity index (χ1) is 8.53. The minimum Gasteiger partial charge on any atom is -0.317 e. The molecule has 1 rings (SSSR count). The van der Waals surface area contributed by atoms with Crippen LogP contribution in [0.3, 0.4) is 0 Å². The van der Waals surface area contributed by atoms with Gasteiger partial charge in [0.1, 0.15) is 0 Å². The average Bonchev–Trinajstić information content (AvgIpc) is 2.64. The molecule has 1 aromatic rings. The van der Waals surface area contributed by atoms with Gasteiger partial charge in [0.05, 0.1) is 15.9 Å². The van der Waals surface area contributed by atoms with Gasteiger partial charge in [0.15, 0.2) is 0 Å². The van der Waals surface area contributed by atoms with Crippen molar-refractivity contribution in [3.05, 3.63) is 15.9 Å². The fraction of sp³-hybridized carbons (Fsp3) is 0.786. The Morgan fingerprint density at radius 3 is 2.44 bits per heavy atom. The molecule has 1 N–H and O–H groups in total. The highest BCUT2D eigenvalue weighted by molar-refractivity contribution is 9.10. The van der Waals surface area contributed by atoms with Crippen LogP contribution in [0.25, 0.3) is 0 Å². The molecule has 1 atom stereocenters. The van der Waals surface area contributed by atoms with Gasteiger partial charge in [-0.05, 0) is 48.7 Å². The van der Waals surface area contributed by atoms with E-state index in [0.717, 1.165) is 19.4 Å². The molecule has 0 saturated carbocycles. The molecule has 0 fully saturated rings. The van der Waals surface area contributed by atoms with Crippen LogP contribution >= 0.6 is 15.9 Å². The third-order valence-electron chi connectivity index (χ3n) is 3.30. The summed E-state index contributed by atoms with van der Waals surface area (Å²) in [6.45, 7) is 9.79. The number of halogens is 1. The van der Waals surface area contributed by atoms with Crippen molar-refractivity contribution in [1.29, 1.82) is 0 Å². The van der Waals surface area contributed by atoms with Crippen molar-refractivity contribution in [1.82, 2.24) is 15.1 Å². The summed E-state index contributed by atoms with van der Waals surface area (Å²) in [6, 6.07) is 0.521. The summed E-state index contributed by atoms with van der Waals surface area (Å²) in [6.07, 6.45) is 3.21. The lowest BCUT2D eigenvalue weighted by Crippen LogP contribution is -2.30. The van der Waals surface area contributed by atoms with Gasteiger partial charge in [0.2, 0.25) is 0 Å². The minimum atomic E-state index is 0.521. The van der Waals surface area contributed by atoms with Crippen molar-refractivity contribution in [2.75, 3.05) is 7.05 Å². The molecule has 104 valence electrons. The SMILES string of the molecule is CCc1nn(CC)c(CC(CC(C)C)NC)c1Br. The van der Waals surface area contributed by atoms with Crippen LogP contribution < -0.4 is 5.32 Å². The van der Waals surface area contributed by atoms with Gasteiger partial charge in [-0.25, -0.2) is 0 Å². The summed E-state index contributed by atoms with van der Waals surface area (Å²) in [5, 5.41) is 8.08. The zero-order chi connectivity index (χ0) is 13.7. The van der Waals surface area contributed by atoms with Crippen molar-refractivity contribution < 1.29 is 0 Å². The van der Waals surface area contributed by atoms with E-state index in [0.29, 0.717) is 12.0 Å². The van der Waals surface area contributed by atoms with Crippen molar-refractivity contribution >= 4 is 15.9 Å². The predicted molar refractivity (Wildman–Crippen MR) is 81.0 cm³/mol. The largest absolute Gasteiger partial charge is 0.317 e. The van der Waals surface area contributed by atoms with Crippen LogP contribution in [0.4, 0.5) is 0 Å². The monoisotopic (exact) mass is 315 g/mol. The van der Waals surface area contributed by atoms with Gasteiger partial charge in [-0.2, -0.15) is 5.10 Å². The van der Waals surface area contributed by atoms with Gasteiger partial charge in [-0.1, -0.05) is 20.8 Å². The lowest BCUT2D eigenvalue weighted by Gasteiger charge is -2.19. The van der Waals surface area contributed by atoms with E-state index in [1.54, 1.807) is 0 Å². The molecule has 0 saturated heterocycles. The highest BCUT2D eigenvalue weighted by Crippen LogP contribution is 2.24. The van der Waals surface area contributed by atoms with Gasteiger partial charge in [-0.3, -0.25) is 4.68 Å². The average molecular weight is 316 g/mol. The summed E-state index contributed by atoms with van der Waals surface area (Å²) in [5.41, 5.74) is 2.50. The van der Waals surface area contributed by atoms with E-state index in [1.807, 2.05) is 7.05 Å². The van der Waals surface area contributed by atoms with E-state index in [4.69, 9.17) is 0 Å². The van der Waals surface area contributed by atoms with Crippen LogP contribution in [0, 0.1) is 5.92 Å². The van der Waals surface area contributed by atoms with Crippen molar-refractivity contribution in [3.63, 3.8) is 0 Å². The highest BCUT2D eigenvalue weighted by Gasteiger charge is 2.18. The summed E-state index contributed by atoms with van der Waals surface area (Å²) < 4.78 is 3.34. The smallest absolute Gasteiger partial charge is 0.0766 e. The van der Waals surface area contributed by atoms with E-state index in [9.17, 15) is 0 Å². The predicted octanol–water partition coefficient (Wildman–Crippen LogP) is 3.40. The van der Waals surface area contributed by atoms with Crippen LogP contribution in [0.2, 0.25) is 0 Å². The van der Waals surface area contributed by atoms with Crippen LogP contribution in [-0.4, -0.2) is 22.9 Å². The maximum atomic E-state index is 4.66. The van der Waals surface area contributed by atoms with Crippen LogP contribution in [0.5, 0.6) is 0 Å². The Hall–Kier alpha value is -0.350. The Morgan fingerprint density at radius 1 is 1.33 bits per heavy atom. The molecule has 0 aliphatic heterocycles. The van der Waals surface area contributed by atoms with Crippen molar-refractivity contribution in [3.8, 4) is 0 Å². The fourth-order valence-electron chi connectivity index (χ4n) is 2.32. The molecule has 0 spiro atoms. The van der Waals surface area contributed by atoms with E-state index in [2.05, 4.69) is 58.7 Å². The number of likely N-dealkylation sites (N-methyl/N-ethyl adjacent to an activating group) is 1. The molecule has 18 heavy (non-hydrogen) atoms. The summed E-state index contributed by atoms with van der Waals surface area (Å²) >= 11 is 3.72. The number of aryl methyl sites for hydroxylation is 2. The molecule has 0 aliphatic rings. The molecule has 0 amide bonds. The third kappa shape index (κ3) is 3.82. The summed E-state index contributed by atoms with van der Waals surface area (Å²) in [7, 11) is 2.05. The van der Waals surface area contributed by atoms with E-state index in [-0.39, 0.29) is 0 Å². The zero-order valence-corrected chi connectivity index (χ0v) is 13.8. The quantitative estimate of drug-likeness (QED) is 0.835. The van der Waals surface area contributed by atoms with E-state index in [1.165, 1.54) is 22.3 Å². The number of nitrogens with one attached hydrogen (secondary N) is 1. The second kappa shape index (κ2) is 7.29. The maximum absolute atomic E-state index is 4.66. The standard InChI is InChI=1S/C14H26BrN3/c1-6-12-14(15)13(18(7-2)17-12)9-11(16-5)8-10(3)4/h10-11,16H,6-9H2,1-5H3. The van der Waals surface area contributed by atoms with Crippen LogP contribution in [-0.2, 0) is 19.4 Å². The third-order valence-corrected chi connectivity index (χ3v) is 4.21. The van der Waals surface area contributed by atoms with Gasteiger partial charge in [-0.15, -0.1) is 0 Å². The van der Waals surface area contributed by atoms with E-state index < -0.39 is 0 Å². The molecule has 1 heterocycles. The first-order valence-electron chi connectivity index (χ1n) is 6.94. The molecule has 3 nitrogen and oxygen atoms in total. The maximum Gasteiger partial charge on any atom is 0.0766 e. The Bertz CT molecular complexity index is 371. The molecule has 4 heteroatoms. The molecule has 0 radical (unpaired) electrons.